The second-order valence-electron chi connectivity index (χ2n) is 9.68. The topological polar surface area (TPSA) is 168 Å². The molecule has 3 rings (SSSR count). The van der Waals surface area contributed by atoms with Gasteiger partial charge in [0.2, 0.25) is 15.9 Å². The van der Waals surface area contributed by atoms with Gasteiger partial charge in [-0.05, 0) is 54.5 Å². The van der Waals surface area contributed by atoms with Crippen LogP contribution in [0, 0.1) is 0 Å². The van der Waals surface area contributed by atoms with Gasteiger partial charge in [0.1, 0.15) is 11.7 Å². The van der Waals surface area contributed by atoms with Gasteiger partial charge < -0.3 is 30.4 Å². The van der Waals surface area contributed by atoms with Crippen LogP contribution in [0.2, 0.25) is 0 Å². The minimum absolute atomic E-state index is 0.00473. The number of hydrogen-bond acceptors (Lipinski definition) is 8. The molecule has 3 atom stereocenters. The Kier molecular flexibility index (Phi) is 9.81. The molecule has 11 heteroatoms. The van der Waals surface area contributed by atoms with Crippen LogP contribution in [0.5, 0.6) is 0 Å². The lowest BCUT2D eigenvalue weighted by molar-refractivity contribution is -0.124. The summed E-state index contributed by atoms with van der Waals surface area (Å²) >= 11 is 0. The molecule has 0 radical (unpaired) electrons. The molecular weight excluding hydrogens is 500 g/mol. The van der Waals surface area contributed by atoms with Crippen molar-refractivity contribution in [2.24, 2.45) is 0 Å². The zero-order chi connectivity index (χ0) is 27.2. The third-order valence-corrected chi connectivity index (χ3v) is 7.42. The number of aliphatic hydroxyl groups excluding tert-OH is 4. The van der Waals surface area contributed by atoms with Gasteiger partial charge in [-0.15, -0.1) is 0 Å². The largest absolute Gasteiger partial charge is 0.393 e. The Balaban J connectivity index is 1.58. The van der Waals surface area contributed by atoms with Crippen LogP contribution in [-0.2, 0) is 21.2 Å². The molecule has 37 heavy (non-hydrogen) atoms. The number of carbonyl (C=O) groups is 1. The highest BCUT2D eigenvalue weighted by Gasteiger charge is 2.38. The first-order chi connectivity index (χ1) is 17.5. The van der Waals surface area contributed by atoms with E-state index >= 15 is 0 Å². The molecule has 1 heterocycles. The van der Waals surface area contributed by atoms with Crippen molar-refractivity contribution >= 4 is 21.6 Å². The molecule has 1 aliphatic rings. The van der Waals surface area contributed by atoms with Crippen LogP contribution < -0.4 is 9.62 Å². The normalized spacial score (nSPS) is 17.9. The van der Waals surface area contributed by atoms with Crippen LogP contribution in [0.1, 0.15) is 54.5 Å². The van der Waals surface area contributed by atoms with Gasteiger partial charge in [0.15, 0.2) is 0 Å². The number of sulfonamides is 1. The van der Waals surface area contributed by atoms with E-state index in [9.17, 15) is 28.5 Å². The van der Waals surface area contributed by atoms with Gasteiger partial charge >= 0.3 is 0 Å². The van der Waals surface area contributed by atoms with E-state index in [-0.39, 0.29) is 24.8 Å². The molecule has 1 aliphatic heterocycles. The van der Waals surface area contributed by atoms with Gasteiger partial charge in [-0.1, -0.05) is 36.4 Å². The Morgan fingerprint density at radius 1 is 1.05 bits per heavy atom. The number of β-lactam (4-membered cyclic amide) rings is 1. The zero-order valence-electron chi connectivity index (χ0n) is 20.8. The molecular formula is C26H36N2O8S. The average Bonchev–Trinajstić information content (AvgIpc) is 2.88. The van der Waals surface area contributed by atoms with E-state index in [0.29, 0.717) is 31.4 Å². The quantitative estimate of drug-likeness (QED) is 0.150. The Morgan fingerprint density at radius 3 is 2.22 bits per heavy atom. The van der Waals surface area contributed by atoms with Crippen molar-refractivity contribution in [3.63, 3.8) is 0 Å². The van der Waals surface area contributed by atoms with Crippen LogP contribution >= 0.6 is 0 Å². The van der Waals surface area contributed by atoms with Crippen molar-refractivity contribution in [2.45, 2.75) is 56.0 Å². The number of aliphatic hydroxyl groups is 5. The van der Waals surface area contributed by atoms with Crippen LogP contribution in [0.15, 0.2) is 48.5 Å². The third-order valence-electron chi connectivity index (χ3n) is 6.69. The molecule has 1 amide bonds. The van der Waals surface area contributed by atoms with Crippen molar-refractivity contribution in [3.05, 3.63) is 65.2 Å². The number of aryl methyl sites for hydroxylation is 1. The van der Waals surface area contributed by atoms with E-state index in [1.54, 1.807) is 29.2 Å². The number of carbonyl (C=O) groups excluding carboxylic acids is 1. The summed E-state index contributed by atoms with van der Waals surface area (Å²) in [6.07, 6.45) is 0.338. The maximum Gasteiger partial charge on any atom is 0.230 e. The number of nitrogens with one attached hydrogen (secondary N) is 1. The Labute approximate surface area is 217 Å². The van der Waals surface area contributed by atoms with Crippen LogP contribution in [-0.4, -0.2) is 77.6 Å². The lowest BCUT2D eigenvalue weighted by Crippen LogP contribution is -2.46. The average molecular weight is 537 g/mol. The molecule has 0 saturated carbocycles. The summed E-state index contributed by atoms with van der Waals surface area (Å²) in [4.78, 5) is 14.1. The summed E-state index contributed by atoms with van der Waals surface area (Å²) < 4.78 is 24.8. The van der Waals surface area contributed by atoms with E-state index in [1.165, 1.54) is 0 Å². The Bertz CT molecular complexity index is 1130. The van der Waals surface area contributed by atoms with Crippen molar-refractivity contribution in [2.75, 3.05) is 30.9 Å². The third kappa shape index (κ3) is 7.81. The van der Waals surface area contributed by atoms with E-state index in [2.05, 4.69) is 4.72 Å². The number of anilines is 1. The highest BCUT2D eigenvalue weighted by molar-refractivity contribution is 7.88. The number of benzene rings is 2. The van der Waals surface area contributed by atoms with Crippen molar-refractivity contribution in [3.8, 4) is 0 Å². The van der Waals surface area contributed by atoms with E-state index < -0.39 is 41.0 Å². The minimum atomic E-state index is -3.20. The second kappa shape index (κ2) is 12.4. The van der Waals surface area contributed by atoms with Crippen LogP contribution in [0.4, 0.5) is 5.69 Å². The molecule has 2 aromatic rings. The maximum absolute atomic E-state index is 12.4. The highest BCUT2D eigenvalue weighted by Crippen LogP contribution is 2.39. The SMILES string of the molecule is CS(=O)(=O)NCCCc1ccc(N2C(=O)CC2c2ccc(C(O)C(O)CCC(O)(CO)CO)cc2)cc1. The van der Waals surface area contributed by atoms with Gasteiger partial charge in [0, 0.05) is 12.2 Å². The van der Waals surface area contributed by atoms with Gasteiger partial charge in [0.25, 0.3) is 0 Å². The molecule has 0 spiro atoms. The lowest BCUT2D eigenvalue weighted by atomic mass is 9.90. The first-order valence-electron chi connectivity index (χ1n) is 12.2. The van der Waals surface area contributed by atoms with Gasteiger partial charge in [-0.25, -0.2) is 13.1 Å². The molecule has 10 nitrogen and oxygen atoms in total. The monoisotopic (exact) mass is 536 g/mol. The van der Waals surface area contributed by atoms with Crippen molar-refractivity contribution < 1.29 is 38.7 Å². The molecule has 204 valence electrons. The smallest absolute Gasteiger partial charge is 0.230 e. The predicted molar refractivity (Wildman–Crippen MR) is 138 cm³/mol. The summed E-state index contributed by atoms with van der Waals surface area (Å²) in [6.45, 7) is -0.936. The lowest BCUT2D eigenvalue weighted by Gasteiger charge is -2.41. The molecule has 1 fully saturated rings. The first kappa shape index (κ1) is 29.2. The summed E-state index contributed by atoms with van der Waals surface area (Å²) in [5, 5.41) is 49.1. The van der Waals surface area contributed by atoms with E-state index in [1.807, 2.05) is 24.3 Å². The maximum atomic E-state index is 12.4. The van der Waals surface area contributed by atoms with Gasteiger partial charge in [-0.3, -0.25) is 4.79 Å². The van der Waals surface area contributed by atoms with Crippen molar-refractivity contribution in [1.82, 2.24) is 4.72 Å². The van der Waals surface area contributed by atoms with Crippen LogP contribution in [0.25, 0.3) is 0 Å². The van der Waals surface area contributed by atoms with E-state index in [0.717, 1.165) is 23.1 Å². The Morgan fingerprint density at radius 2 is 1.68 bits per heavy atom. The Hall–Kier alpha value is -2.38. The molecule has 1 saturated heterocycles. The number of rotatable bonds is 14. The van der Waals surface area contributed by atoms with E-state index in [4.69, 9.17) is 10.2 Å². The second-order valence-corrected chi connectivity index (χ2v) is 11.5. The summed E-state index contributed by atoms with van der Waals surface area (Å²) in [7, 11) is -3.20. The van der Waals surface area contributed by atoms with Gasteiger partial charge in [0.05, 0.1) is 38.0 Å². The molecule has 6 N–H and O–H groups in total. The molecule has 0 aliphatic carbocycles. The van der Waals surface area contributed by atoms with Crippen molar-refractivity contribution in [1.29, 1.82) is 0 Å². The molecule has 2 aromatic carbocycles. The predicted octanol–water partition coefficient (Wildman–Crippen LogP) is 0.537. The first-order valence-corrected chi connectivity index (χ1v) is 14.1. The van der Waals surface area contributed by atoms with Gasteiger partial charge in [-0.2, -0.15) is 0 Å². The fourth-order valence-corrected chi connectivity index (χ4v) is 4.82. The summed E-state index contributed by atoms with van der Waals surface area (Å²) in [5.41, 5.74) is 1.45. The summed E-state index contributed by atoms with van der Waals surface area (Å²) in [6, 6.07) is 14.4. The number of amides is 1. The standard InChI is InChI=1S/C26H36N2O8S/c1-37(35,36)27-14-2-3-18-4-10-21(11-5-18)28-22(15-24(28)32)19-6-8-20(9-7-19)25(33)23(31)12-13-26(34,16-29)17-30/h4-11,22-23,25,27,29-31,33-34H,2-3,12-17H2,1H3. The fraction of sp³-hybridized carbons (Fsp3) is 0.500. The van der Waals surface area contributed by atoms with Crippen LogP contribution in [0.3, 0.4) is 0 Å². The fourth-order valence-electron chi connectivity index (χ4n) is 4.30. The minimum Gasteiger partial charge on any atom is -0.393 e. The highest BCUT2D eigenvalue weighted by atomic mass is 32.2. The molecule has 0 aromatic heterocycles. The summed E-state index contributed by atoms with van der Waals surface area (Å²) in [5.74, 6) is -0.00473. The zero-order valence-corrected chi connectivity index (χ0v) is 21.6. The number of hydrogen-bond donors (Lipinski definition) is 6. The molecule has 3 unspecified atom stereocenters. The number of nitrogens with zero attached hydrogens (tertiary/aromatic N) is 1. The molecule has 0 bridgehead atoms.